The molecular formula is C10H13Cl2N3O4S. The minimum absolute atomic E-state index is 0. The first-order valence-electron chi connectivity index (χ1n) is 5.57. The van der Waals surface area contributed by atoms with Crippen LogP contribution in [0.25, 0.3) is 0 Å². The lowest BCUT2D eigenvalue weighted by Crippen LogP contribution is -2.36. The van der Waals surface area contributed by atoms with Crippen LogP contribution in [0.4, 0.5) is 5.69 Å². The summed E-state index contributed by atoms with van der Waals surface area (Å²) in [6.07, 6.45) is 0.653. The lowest BCUT2D eigenvalue weighted by atomic mass is 10.3. The molecule has 7 nitrogen and oxygen atoms in total. The van der Waals surface area contributed by atoms with Crippen molar-refractivity contribution >= 4 is 39.7 Å². The maximum atomic E-state index is 12.1. The van der Waals surface area contributed by atoms with Crippen molar-refractivity contribution in [3.05, 3.63) is 33.3 Å². The quantitative estimate of drug-likeness (QED) is 0.635. The predicted octanol–water partition coefficient (Wildman–Crippen LogP) is 1.31. The summed E-state index contributed by atoms with van der Waals surface area (Å²) in [5, 5.41) is 14.0. The smallest absolute Gasteiger partial charge is 0.290 e. The van der Waals surface area contributed by atoms with E-state index in [1.165, 1.54) is 6.07 Å². The molecule has 0 aromatic heterocycles. The molecule has 1 heterocycles. The molecule has 0 spiro atoms. The second-order valence-corrected chi connectivity index (χ2v) is 6.30. The summed E-state index contributed by atoms with van der Waals surface area (Å²) in [6.45, 7) is 1.23. The maximum Gasteiger partial charge on any atom is 0.290 e. The Morgan fingerprint density at radius 3 is 2.70 bits per heavy atom. The summed E-state index contributed by atoms with van der Waals surface area (Å²) in [5.41, 5.74) is -0.522. The van der Waals surface area contributed by atoms with E-state index in [-0.39, 0.29) is 28.4 Å². The Balaban J connectivity index is 0.00000200. The molecule has 1 saturated heterocycles. The fourth-order valence-corrected chi connectivity index (χ4v) is 3.49. The molecule has 0 bridgehead atoms. The summed E-state index contributed by atoms with van der Waals surface area (Å²) < 4.78 is 26.7. The molecule has 2 N–H and O–H groups in total. The number of hydrogen-bond acceptors (Lipinski definition) is 5. The largest absolute Gasteiger partial charge is 0.315 e. The van der Waals surface area contributed by atoms with Crippen LogP contribution in [0.5, 0.6) is 0 Å². The molecule has 20 heavy (non-hydrogen) atoms. The Hall–Kier alpha value is -0.930. The summed E-state index contributed by atoms with van der Waals surface area (Å²) in [4.78, 5) is 9.78. The Morgan fingerprint density at radius 2 is 2.15 bits per heavy atom. The summed E-state index contributed by atoms with van der Waals surface area (Å²) in [7, 11) is -3.93. The van der Waals surface area contributed by atoms with Crippen molar-refractivity contribution in [2.24, 2.45) is 0 Å². The summed E-state index contributed by atoms with van der Waals surface area (Å²) in [5.74, 6) is 0. The minimum Gasteiger partial charge on any atom is -0.315 e. The van der Waals surface area contributed by atoms with Crippen LogP contribution in [0.3, 0.4) is 0 Å². The predicted molar refractivity (Wildman–Crippen MR) is 77.0 cm³/mol. The third kappa shape index (κ3) is 3.80. The standard InChI is InChI=1S/C10H12ClN3O4S.ClH/c11-7-1-2-10(9(5-7)14(15)16)19(17,18)13-8-3-4-12-6-8;/h1-2,5,8,12-13H,3-4,6H2;1H. The Bertz CT molecular complexity index is 603. The lowest BCUT2D eigenvalue weighted by Gasteiger charge is -2.12. The number of halogens is 2. The zero-order chi connectivity index (χ0) is 14.0. The topological polar surface area (TPSA) is 101 Å². The fourth-order valence-electron chi connectivity index (χ4n) is 1.90. The number of nitrogens with zero attached hydrogens (tertiary/aromatic N) is 1. The van der Waals surface area contributed by atoms with E-state index in [2.05, 4.69) is 10.0 Å². The van der Waals surface area contributed by atoms with Gasteiger partial charge in [-0.05, 0) is 25.1 Å². The molecule has 0 radical (unpaired) electrons. The van der Waals surface area contributed by atoms with Crippen molar-refractivity contribution in [2.75, 3.05) is 13.1 Å². The highest BCUT2D eigenvalue weighted by Gasteiger charge is 2.29. The number of nitro benzene ring substituents is 1. The molecule has 0 saturated carbocycles. The summed E-state index contributed by atoms with van der Waals surface area (Å²) >= 11 is 5.65. The van der Waals surface area contributed by atoms with Crippen molar-refractivity contribution in [3.8, 4) is 0 Å². The molecule has 1 aromatic rings. The van der Waals surface area contributed by atoms with E-state index in [0.717, 1.165) is 18.7 Å². The van der Waals surface area contributed by atoms with Gasteiger partial charge in [0.05, 0.1) is 4.92 Å². The molecule has 1 aliphatic rings. The van der Waals surface area contributed by atoms with Crippen molar-refractivity contribution in [1.82, 2.24) is 10.0 Å². The average molecular weight is 342 g/mol. The molecule has 112 valence electrons. The average Bonchev–Trinajstić information content (AvgIpc) is 2.80. The fraction of sp³-hybridized carbons (Fsp3) is 0.400. The molecule has 1 aromatic carbocycles. The number of nitro groups is 1. The number of rotatable bonds is 4. The molecule has 0 amide bonds. The minimum atomic E-state index is -3.93. The van der Waals surface area contributed by atoms with Gasteiger partial charge in [-0.2, -0.15) is 0 Å². The van der Waals surface area contributed by atoms with E-state index in [0.29, 0.717) is 13.0 Å². The first-order valence-corrected chi connectivity index (χ1v) is 7.43. The highest BCUT2D eigenvalue weighted by atomic mass is 35.5. The second kappa shape index (κ2) is 6.68. The van der Waals surface area contributed by atoms with Crippen LogP contribution in [0.1, 0.15) is 6.42 Å². The van der Waals surface area contributed by atoms with Gasteiger partial charge in [-0.15, -0.1) is 12.4 Å². The molecule has 2 rings (SSSR count). The highest BCUT2D eigenvalue weighted by molar-refractivity contribution is 7.89. The first kappa shape index (κ1) is 17.1. The third-order valence-corrected chi connectivity index (χ3v) is 4.59. The molecule has 10 heteroatoms. The summed E-state index contributed by atoms with van der Waals surface area (Å²) in [6, 6.07) is 3.24. The van der Waals surface area contributed by atoms with E-state index in [4.69, 9.17) is 11.6 Å². The zero-order valence-electron chi connectivity index (χ0n) is 10.2. The number of sulfonamides is 1. The van der Waals surface area contributed by atoms with Crippen molar-refractivity contribution < 1.29 is 13.3 Å². The van der Waals surface area contributed by atoms with E-state index >= 15 is 0 Å². The van der Waals surface area contributed by atoms with Gasteiger partial charge < -0.3 is 5.32 Å². The second-order valence-electron chi connectivity index (χ2n) is 4.18. The van der Waals surface area contributed by atoms with Gasteiger partial charge in [-0.3, -0.25) is 10.1 Å². The third-order valence-electron chi connectivity index (χ3n) is 2.79. The Labute approximate surface area is 127 Å². The van der Waals surface area contributed by atoms with Crippen LogP contribution in [-0.2, 0) is 10.0 Å². The van der Waals surface area contributed by atoms with Gasteiger partial charge in [0.15, 0.2) is 4.90 Å². The number of hydrogen-bond donors (Lipinski definition) is 2. The number of benzene rings is 1. The van der Waals surface area contributed by atoms with Crippen molar-refractivity contribution in [1.29, 1.82) is 0 Å². The van der Waals surface area contributed by atoms with Gasteiger partial charge in [0.25, 0.3) is 5.69 Å². The SMILES string of the molecule is Cl.O=[N+]([O-])c1cc(Cl)ccc1S(=O)(=O)NC1CCNC1. The van der Waals surface area contributed by atoms with Crippen molar-refractivity contribution in [3.63, 3.8) is 0 Å². The molecule has 0 aliphatic carbocycles. The maximum absolute atomic E-state index is 12.1. The highest BCUT2D eigenvalue weighted by Crippen LogP contribution is 2.27. The van der Waals surface area contributed by atoms with E-state index in [1.807, 2.05) is 0 Å². The van der Waals surface area contributed by atoms with E-state index < -0.39 is 20.6 Å². The van der Waals surface area contributed by atoms with E-state index in [1.54, 1.807) is 0 Å². The number of nitrogens with one attached hydrogen (secondary N) is 2. The van der Waals surface area contributed by atoms with Gasteiger partial charge in [-0.25, -0.2) is 13.1 Å². The molecule has 1 fully saturated rings. The molecule has 1 atom stereocenters. The van der Waals surface area contributed by atoms with Crippen LogP contribution in [0.15, 0.2) is 23.1 Å². The lowest BCUT2D eigenvalue weighted by molar-refractivity contribution is -0.387. The van der Waals surface area contributed by atoms with Crippen LogP contribution in [0, 0.1) is 10.1 Å². The van der Waals surface area contributed by atoms with E-state index in [9.17, 15) is 18.5 Å². The van der Waals surface area contributed by atoms with Crippen molar-refractivity contribution in [2.45, 2.75) is 17.4 Å². The molecule has 1 unspecified atom stereocenters. The Morgan fingerprint density at radius 1 is 1.45 bits per heavy atom. The molecule has 1 aliphatic heterocycles. The monoisotopic (exact) mass is 341 g/mol. The van der Waals surface area contributed by atoms with Gasteiger partial charge in [-0.1, -0.05) is 11.6 Å². The molecular weight excluding hydrogens is 329 g/mol. The van der Waals surface area contributed by atoms with Gasteiger partial charge >= 0.3 is 0 Å². The first-order chi connectivity index (χ1) is 8.90. The van der Waals surface area contributed by atoms with Gasteiger partial charge in [0.1, 0.15) is 0 Å². The zero-order valence-corrected chi connectivity index (χ0v) is 12.6. The van der Waals surface area contributed by atoms with Crippen LogP contribution in [0.2, 0.25) is 5.02 Å². The van der Waals surface area contributed by atoms with Crippen LogP contribution < -0.4 is 10.0 Å². The van der Waals surface area contributed by atoms with Gasteiger partial charge in [0, 0.05) is 23.7 Å². The Kier molecular flexibility index (Phi) is 5.72. The van der Waals surface area contributed by atoms with Gasteiger partial charge in [0.2, 0.25) is 10.0 Å². The van der Waals surface area contributed by atoms with Crippen LogP contribution >= 0.6 is 24.0 Å². The van der Waals surface area contributed by atoms with Crippen LogP contribution in [-0.4, -0.2) is 32.5 Å². The normalized spacial score (nSPS) is 18.6.